The molecule has 0 bridgehead atoms. The lowest BCUT2D eigenvalue weighted by Crippen LogP contribution is -2.49. The van der Waals surface area contributed by atoms with Crippen molar-refractivity contribution < 1.29 is 4.79 Å². The summed E-state index contributed by atoms with van der Waals surface area (Å²) in [7, 11) is 0. The van der Waals surface area contributed by atoms with E-state index < -0.39 is 0 Å². The molecule has 1 aliphatic heterocycles. The average molecular weight is 481 g/mol. The second-order valence-electron chi connectivity index (χ2n) is 7.76. The summed E-state index contributed by atoms with van der Waals surface area (Å²) in [5, 5.41) is 8.64. The van der Waals surface area contributed by atoms with Crippen molar-refractivity contribution >= 4 is 39.6 Å². The summed E-state index contributed by atoms with van der Waals surface area (Å²) in [5.74, 6) is 0. The van der Waals surface area contributed by atoms with Crippen LogP contribution < -0.4 is 10.9 Å². The predicted octanol–water partition coefficient (Wildman–Crippen LogP) is 3.82. The first-order valence-corrected chi connectivity index (χ1v) is 11.7. The summed E-state index contributed by atoms with van der Waals surface area (Å²) >= 11 is 7.44. The Morgan fingerprint density at radius 2 is 1.82 bits per heavy atom. The fourth-order valence-electron chi connectivity index (χ4n) is 3.74. The van der Waals surface area contributed by atoms with Gasteiger partial charge in [-0.15, -0.1) is 0 Å². The SMILES string of the molecule is O=C(Nc1ccccc1)N1CCN(Cc2cc(=O)n3nc(-c4cccc(Cl)c4)sc3n2)CC1. The molecular formula is C23H21ClN6O2S. The molecule has 168 valence electrons. The number of rotatable bonds is 4. The van der Waals surface area contributed by atoms with E-state index >= 15 is 0 Å². The zero-order valence-electron chi connectivity index (χ0n) is 17.6. The number of carbonyl (C=O) groups excluding carboxylic acids is 1. The zero-order chi connectivity index (χ0) is 22.8. The van der Waals surface area contributed by atoms with Crippen molar-refractivity contribution in [3.05, 3.63) is 81.7 Å². The number of nitrogens with one attached hydrogen (secondary N) is 1. The number of amides is 2. The highest BCUT2D eigenvalue weighted by atomic mass is 35.5. The Morgan fingerprint density at radius 1 is 1.03 bits per heavy atom. The minimum absolute atomic E-state index is 0.100. The Kier molecular flexibility index (Phi) is 6.08. The number of halogens is 1. The molecule has 1 saturated heterocycles. The number of anilines is 1. The summed E-state index contributed by atoms with van der Waals surface area (Å²) in [4.78, 5) is 34.3. The molecule has 3 heterocycles. The van der Waals surface area contributed by atoms with E-state index in [4.69, 9.17) is 11.6 Å². The van der Waals surface area contributed by atoms with Gasteiger partial charge in [-0.3, -0.25) is 9.69 Å². The van der Waals surface area contributed by atoms with Gasteiger partial charge in [0.05, 0.1) is 5.69 Å². The molecule has 5 rings (SSSR count). The Balaban J connectivity index is 1.24. The molecule has 4 aromatic rings. The van der Waals surface area contributed by atoms with E-state index in [0.717, 1.165) is 11.3 Å². The van der Waals surface area contributed by atoms with Gasteiger partial charge in [0.25, 0.3) is 5.56 Å². The molecule has 0 unspecified atom stereocenters. The molecule has 1 N–H and O–H groups in total. The monoisotopic (exact) mass is 480 g/mol. The van der Waals surface area contributed by atoms with Gasteiger partial charge in [0.2, 0.25) is 4.96 Å². The van der Waals surface area contributed by atoms with Crippen molar-refractivity contribution in [3.8, 4) is 10.6 Å². The Morgan fingerprint density at radius 3 is 2.58 bits per heavy atom. The van der Waals surface area contributed by atoms with Crippen molar-refractivity contribution in [3.63, 3.8) is 0 Å². The normalized spacial score (nSPS) is 14.5. The van der Waals surface area contributed by atoms with Crippen LogP contribution in [0.4, 0.5) is 10.5 Å². The van der Waals surface area contributed by atoms with Crippen LogP contribution in [0.25, 0.3) is 15.5 Å². The highest BCUT2D eigenvalue weighted by Gasteiger charge is 2.22. The second kappa shape index (κ2) is 9.30. The zero-order valence-corrected chi connectivity index (χ0v) is 19.2. The molecular weight excluding hydrogens is 460 g/mol. The predicted molar refractivity (Wildman–Crippen MR) is 130 cm³/mol. The summed E-state index contributed by atoms with van der Waals surface area (Å²) in [5.41, 5.74) is 2.12. The van der Waals surface area contributed by atoms with Crippen molar-refractivity contribution in [2.45, 2.75) is 6.54 Å². The van der Waals surface area contributed by atoms with Crippen molar-refractivity contribution in [1.29, 1.82) is 0 Å². The van der Waals surface area contributed by atoms with E-state index in [-0.39, 0.29) is 11.6 Å². The lowest BCUT2D eigenvalue weighted by Gasteiger charge is -2.34. The number of urea groups is 1. The van der Waals surface area contributed by atoms with E-state index in [9.17, 15) is 9.59 Å². The molecule has 0 saturated carbocycles. The molecule has 2 aromatic carbocycles. The van der Waals surface area contributed by atoms with Gasteiger partial charge in [-0.1, -0.05) is 53.3 Å². The van der Waals surface area contributed by atoms with Crippen molar-refractivity contribution in [1.82, 2.24) is 24.4 Å². The van der Waals surface area contributed by atoms with Crippen LogP contribution in [0.5, 0.6) is 0 Å². The van der Waals surface area contributed by atoms with Crippen LogP contribution >= 0.6 is 22.9 Å². The number of hydrogen-bond donors (Lipinski definition) is 1. The van der Waals surface area contributed by atoms with Gasteiger partial charge in [-0.25, -0.2) is 9.78 Å². The van der Waals surface area contributed by atoms with E-state index in [1.807, 2.05) is 48.5 Å². The molecule has 0 radical (unpaired) electrons. The smallest absolute Gasteiger partial charge is 0.321 e. The third-order valence-electron chi connectivity index (χ3n) is 5.44. The number of para-hydroxylation sites is 1. The molecule has 2 aromatic heterocycles. The van der Waals surface area contributed by atoms with Crippen LogP contribution in [0.3, 0.4) is 0 Å². The van der Waals surface area contributed by atoms with Crippen LogP contribution in [0.1, 0.15) is 5.69 Å². The van der Waals surface area contributed by atoms with E-state index in [1.54, 1.807) is 11.0 Å². The minimum Gasteiger partial charge on any atom is -0.322 e. The quantitative estimate of drug-likeness (QED) is 0.480. The number of nitrogens with zero attached hydrogens (tertiary/aromatic N) is 5. The maximum absolute atomic E-state index is 12.6. The van der Waals surface area contributed by atoms with Gasteiger partial charge in [0.15, 0.2) is 0 Å². The molecule has 2 amide bonds. The summed E-state index contributed by atoms with van der Waals surface area (Å²) in [6, 6.07) is 18.2. The van der Waals surface area contributed by atoms with Gasteiger partial charge in [0, 0.05) is 55.1 Å². The van der Waals surface area contributed by atoms with Gasteiger partial charge in [0.1, 0.15) is 5.01 Å². The lowest BCUT2D eigenvalue weighted by atomic mass is 10.2. The Labute approximate surface area is 199 Å². The summed E-state index contributed by atoms with van der Waals surface area (Å²) < 4.78 is 1.33. The number of fused-ring (bicyclic) bond motifs is 1. The van der Waals surface area contributed by atoms with E-state index in [0.29, 0.717) is 53.4 Å². The van der Waals surface area contributed by atoms with Gasteiger partial charge in [-0.2, -0.15) is 9.61 Å². The molecule has 8 nitrogen and oxygen atoms in total. The lowest BCUT2D eigenvalue weighted by molar-refractivity contribution is 0.142. The van der Waals surface area contributed by atoms with Crippen LogP contribution in [0, 0.1) is 0 Å². The second-order valence-corrected chi connectivity index (χ2v) is 9.15. The number of hydrogen-bond acceptors (Lipinski definition) is 6. The molecule has 1 aliphatic rings. The number of piperazine rings is 1. The number of aromatic nitrogens is 3. The number of carbonyl (C=O) groups is 1. The number of benzene rings is 2. The molecule has 0 spiro atoms. The van der Waals surface area contributed by atoms with Crippen molar-refractivity contribution in [2.75, 3.05) is 31.5 Å². The highest BCUT2D eigenvalue weighted by molar-refractivity contribution is 7.19. The van der Waals surface area contributed by atoms with Gasteiger partial charge in [-0.05, 0) is 24.3 Å². The van der Waals surface area contributed by atoms with Crippen LogP contribution in [0.2, 0.25) is 5.02 Å². The minimum atomic E-state index is -0.208. The van der Waals surface area contributed by atoms with Gasteiger partial charge >= 0.3 is 6.03 Å². The Hall–Kier alpha value is -3.27. The largest absolute Gasteiger partial charge is 0.322 e. The van der Waals surface area contributed by atoms with Crippen LogP contribution in [-0.4, -0.2) is 56.6 Å². The van der Waals surface area contributed by atoms with Crippen LogP contribution in [0.15, 0.2) is 65.5 Å². The third kappa shape index (κ3) is 4.90. The topological polar surface area (TPSA) is 82.8 Å². The third-order valence-corrected chi connectivity index (χ3v) is 6.63. The average Bonchev–Trinajstić information content (AvgIpc) is 3.25. The maximum Gasteiger partial charge on any atom is 0.321 e. The first-order chi connectivity index (χ1) is 16.0. The molecule has 10 heteroatoms. The van der Waals surface area contributed by atoms with E-state index in [1.165, 1.54) is 21.9 Å². The molecule has 0 aliphatic carbocycles. The standard InChI is InChI=1S/C23H21ClN6O2S/c24-17-6-4-5-16(13-17)21-27-30-20(31)14-19(26-23(30)33-21)15-28-9-11-29(12-10-28)22(32)25-18-7-2-1-3-8-18/h1-8,13-14H,9-12,15H2,(H,25,32). The first-order valence-electron chi connectivity index (χ1n) is 10.5. The fourth-order valence-corrected chi connectivity index (χ4v) is 4.85. The summed E-state index contributed by atoms with van der Waals surface area (Å²) in [6.07, 6.45) is 0. The van der Waals surface area contributed by atoms with Crippen LogP contribution in [-0.2, 0) is 6.54 Å². The summed E-state index contributed by atoms with van der Waals surface area (Å²) in [6.45, 7) is 3.18. The van der Waals surface area contributed by atoms with Gasteiger partial charge < -0.3 is 10.2 Å². The molecule has 0 atom stereocenters. The fraction of sp³-hybridized carbons (Fsp3) is 0.217. The first kappa shape index (κ1) is 21.6. The van der Waals surface area contributed by atoms with E-state index in [2.05, 4.69) is 20.3 Å². The molecule has 33 heavy (non-hydrogen) atoms. The molecule has 1 fully saturated rings. The maximum atomic E-state index is 12.6. The highest BCUT2D eigenvalue weighted by Crippen LogP contribution is 2.26. The van der Waals surface area contributed by atoms with Crippen molar-refractivity contribution in [2.24, 2.45) is 0 Å². The Bertz CT molecular complexity index is 1350.